The molecule has 0 amide bonds. The topological polar surface area (TPSA) is 58.7 Å². The molecule has 0 heterocycles. The maximum Gasteiger partial charge on any atom is 0.0807 e. The molecule has 1 aromatic carbocycles. The monoisotopic (exact) mass is 210 g/mol. The molecule has 4 nitrogen and oxygen atoms in total. The third kappa shape index (κ3) is 4.90. The van der Waals surface area contributed by atoms with Crippen molar-refractivity contribution in [1.29, 1.82) is 0 Å². The molecule has 0 radical (unpaired) electrons. The maximum absolute atomic E-state index is 8.86. The normalized spacial score (nSPS) is 10.9. The maximum atomic E-state index is 8.86. The number of rotatable bonds is 7. The number of hydrogen-bond donors (Lipinski definition) is 2. The molecule has 1 rings (SSSR count). The largest absolute Gasteiger partial charge is 0.395 e. The fourth-order valence-corrected chi connectivity index (χ4v) is 1.27. The lowest BCUT2D eigenvalue weighted by molar-refractivity contribution is -0.168. The number of aliphatic hydroxyl groups excluding tert-OH is 1. The Labute approximate surface area is 90.2 Å². The molecule has 0 fully saturated rings. The van der Waals surface area contributed by atoms with E-state index in [1.54, 1.807) is 5.06 Å². The predicted molar refractivity (Wildman–Crippen MR) is 58.9 cm³/mol. The molecule has 4 heteroatoms. The second kappa shape index (κ2) is 7.36. The molecule has 0 bridgehead atoms. The summed E-state index contributed by atoms with van der Waals surface area (Å²) in [5.74, 6) is 0. The highest BCUT2D eigenvalue weighted by atomic mass is 16.7. The Morgan fingerprint density at radius 3 is 2.60 bits per heavy atom. The van der Waals surface area contributed by atoms with Crippen LogP contribution in [0.3, 0.4) is 0 Å². The molecule has 84 valence electrons. The van der Waals surface area contributed by atoms with Gasteiger partial charge in [-0.1, -0.05) is 30.3 Å². The van der Waals surface area contributed by atoms with Gasteiger partial charge in [-0.05, 0) is 5.56 Å². The van der Waals surface area contributed by atoms with E-state index in [0.717, 1.165) is 5.56 Å². The quantitative estimate of drug-likeness (QED) is 0.638. The van der Waals surface area contributed by atoms with Crippen LogP contribution < -0.4 is 5.73 Å². The van der Waals surface area contributed by atoms with E-state index in [0.29, 0.717) is 26.2 Å². The van der Waals surface area contributed by atoms with Crippen molar-refractivity contribution in [2.45, 2.75) is 6.54 Å². The van der Waals surface area contributed by atoms with Crippen LogP contribution in [0.4, 0.5) is 0 Å². The first-order valence-electron chi connectivity index (χ1n) is 5.09. The summed E-state index contributed by atoms with van der Waals surface area (Å²) in [6.45, 7) is 2.21. The number of benzene rings is 1. The van der Waals surface area contributed by atoms with Gasteiger partial charge in [-0.2, -0.15) is 5.06 Å². The highest BCUT2D eigenvalue weighted by Gasteiger charge is 2.04. The minimum atomic E-state index is 0.0808. The fraction of sp³-hybridized carbons (Fsp3) is 0.455. The van der Waals surface area contributed by atoms with E-state index in [2.05, 4.69) is 0 Å². The van der Waals surface area contributed by atoms with Crippen LogP contribution in [0.1, 0.15) is 5.56 Å². The molecule has 0 saturated carbocycles. The average Bonchev–Trinajstić information content (AvgIpc) is 2.28. The number of aliphatic hydroxyl groups is 1. The lowest BCUT2D eigenvalue weighted by atomic mass is 10.2. The van der Waals surface area contributed by atoms with Crippen molar-refractivity contribution in [2.24, 2.45) is 5.73 Å². The van der Waals surface area contributed by atoms with Crippen molar-refractivity contribution in [3.8, 4) is 0 Å². The second-order valence-electron chi connectivity index (χ2n) is 3.19. The standard InChI is InChI=1S/C11H18N2O2/c12-6-9-15-13(7-8-14)10-11-4-2-1-3-5-11/h1-5,14H,6-10,12H2. The van der Waals surface area contributed by atoms with Crippen LogP contribution in [0.15, 0.2) is 30.3 Å². The molecule has 0 aliphatic heterocycles. The van der Waals surface area contributed by atoms with Crippen molar-refractivity contribution in [1.82, 2.24) is 5.06 Å². The fourth-order valence-electron chi connectivity index (χ4n) is 1.27. The van der Waals surface area contributed by atoms with Gasteiger partial charge >= 0.3 is 0 Å². The number of hydrogen-bond acceptors (Lipinski definition) is 4. The molecular weight excluding hydrogens is 192 g/mol. The second-order valence-corrected chi connectivity index (χ2v) is 3.19. The van der Waals surface area contributed by atoms with Gasteiger partial charge in [-0.25, -0.2) is 0 Å². The van der Waals surface area contributed by atoms with Crippen LogP contribution in [-0.2, 0) is 11.4 Å². The Morgan fingerprint density at radius 1 is 1.27 bits per heavy atom. The van der Waals surface area contributed by atoms with E-state index in [4.69, 9.17) is 15.7 Å². The first kappa shape index (κ1) is 12.1. The minimum Gasteiger partial charge on any atom is -0.395 e. The van der Waals surface area contributed by atoms with Crippen LogP contribution in [-0.4, -0.2) is 36.5 Å². The average molecular weight is 210 g/mol. The molecule has 1 aromatic rings. The molecule has 0 saturated heterocycles. The molecule has 0 spiro atoms. The van der Waals surface area contributed by atoms with E-state index in [9.17, 15) is 0 Å². The zero-order valence-corrected chi connectivity index (χ0v) is 8.80. The van der Waals surface area contributed by atoms with Crippen molar-refractivity contribution in [3.05, 3.63) is 35.9 Å². The van der Waals surface area contributed by atoms with E-state index in [-0.39, 0.29) is 6.61 Å². The summed E-state index contributed by atoms with van der Waals surface area (Å²) in [6.07, 6.45) is 0. The van der Waals surface area contributed by atoms with Crippen molar-refractivity contribution in [2.75, 3.05) is 26.3 Å². The van der Waals surface area contributed by atoms with Gasteiger partial charge in [0.2, 0.25) is 0 Å². The summed E-state index contributed by atoms with van der Waals surface area (Å²) in [5.41, 5.74) is 6.51. The lowest BCUT2D eigenvalue weighted by Gasteiger charge is -2.20. The van der Waals surface area contributed by atoms with E-state index in [1.165, 1.54) is 0 Å². The zero-order chi connectivity index (χ0) is 10.9. The van der Waals surface area contributed by atoms with Crippen LogP contribution in [0.2, 0.25) is 0 Å². The van der Waals surface area contributed by atoms with Gasteiger partial charge in [0.25, 0.3) is 0 Å². The number of hydroxylamine groups is 2. The SMILES string of the molecule is NCCON(CCO)Cc1ccccc1. The molecule has 15 heavy (non-hydrogen) atoms. The van der Waals surface area contributed by atoms with E-state index >= 15 is 0 Å². The Morgan fingerprint density at radius 2 is 2.00 bits per heavy atom. The third-order valence-electron chi connectivity index (χ3n) is 1.94. The number of nitrogens with two attached hydrogens (primary N) is 1. The van der Waals surface area contributed by atoms with Crippen molar-refractivity contribution in [3.63, 3.8) is 0 Å². The Bertz CT molecular complexity index is 254. The van der Waals surface area contributed by atoms with Crippen LogP contribution in [0, 0.1) is 0 Å². The summed E-state index contributed by atoms with van der Waals surface area (Å²) >= 11 is 0. The van der Waals surface area contributed by atoms with Gasteiger partial charge < -0.3 is 10.8 Å². The van der Waals surface area contributed by atoms with E-state index in [1.807, 2.05) is 30.3 Å². The van der Waals surface area contributed by atoms with Gasteiger partial charge in [0.15, 0.2) is 0 Å². The summed E-state index contributed by atoms with van der Waals surface area (Å²) in [7, 11) is 0. The lowest BCUT2D eigenvalue weighted by Crippen LogP contribution is -2.29. The first-order chi connectivity index (χ1) is 7.36. The molecular formula is C11H18N2O2. The molecule has 0 aliphatic carbocycles. The smallest absolute Gasteiger partial charge is 0.0807 e. The van der Waals surface area contributed by atoms with Gasteiger partial charge in [0, 0.05) is 19.6 Å². The molecule has 0 aromatic heterocycles. The third-order valence-corrected chi connectivity index (χ3v) is 1.94. The predicted octanol–water partition coefficient (Wildman–Crippen LogP) is 0.371. The molecule has 0 atom stereocenters. The Balaban J connectivity index is 2.43. The summed E-state index contributed by atoms with van der Waals surface area (Å²) in [5, 5.41) is 10.6. The highest BCUT2D eigenvalue weighted by molar-refractivity contribution is 5.14. The van der Waals surface area contributed by atoms with Crippen molar-refractivity contribution >= 4 is 0 Å². The van der Waals surface area contributed by atoms with Crippen LogP contribution >= 0.6 is 0 Å². The van der Waals surface area contributed by atoms with E-state index < -0.39 is 0 Å². The van der Waals surface area contributed by atoms with Crippen LogP contribution in [0.25, 0.3) is 0 Å². The minimum absolute atomic E-state index is 0.0808. The zero-order valence-electron chi connectivity index (χ0n) is 8.80. The van der Waals surface area contributed by atoms with Gasteiger partial charge in [0.1, 0.15) is 0 Å². The Kier molecular flexibility index (Phi) is 5.96. The van der Waals surface area contributed by atoms with Crippen LogP contribution in [0.5, 0.6) is 0 Å². The van der Waals surface area contributed by atoms with Gasteiger partial charge in [0.05, 0.1) is 13.2 Å². The Hall–Kier alpha value is -0.940. The summed E-state index contributed by atoms with van der Waals surface area (Å²) < 4.78 is 0. The van der Waals surface area contributed by atoms with Gasteiger partial charge in [-0.3, -0.25) is 4.84 Å². The summed E-state index contributed by atoms with van der Waals surface area (Å²) in [6, 6.07) is 9.98. The molecule has 3 N–H and O–H groups in total. The summed E-state index contributed by atoms with van der Waals surface area (Å²) in [4.78, 5) is 5.38. The number of nitrogens with zero attached hydrogens (tertiary/aromatic N) is 1. The highest BCUT2D eigenvalue weighted by Crippen LogP contribution is 2.04. The first-order valence-corrected chi connectivity index (χ1v) is 5.09. The van der Waals surface area contributed by atoms with Crippen molar-refractivity contribution < 1.29 is 9.94 Å². The molecule has 0 aliphatic rings. The van der Waals surface area contributed by atoms with Gasteiger partial charge in [-0.15, -0.1) is 0 Å². The molecule has 0 unspecified atom stereocenters.